The Morgan fingerprint density at radius 2 is 2.03 bits per heavy atom. The quantitative estimate of drug-likeness (QED) is 0.713. The van der Waals surface area contributed by atoms with Crippen molar-refractivity contribution in [3.8, 4) is 0 Å². The molecule has 0 bridgehead atoms. The van der Waals surface area contributed by atoms with E-state index in [9.17, 15) is 9.32 Å². The van der Waals surface area contributed by atoms with Crippen molar-refractivity contribution >= 4 is 39.7 Å². The Bertz CT molecular complexity index is 943. The first-order chi connectivity index (χ1) is 14.0. The van der Waals surface area contributed by atoms with Gasteiger partial charge < -0.3 is 15.3 Å². The molecule has 8 nitrogen and oxygen atoms in total. The van der Waals surface area contributed by atoms with Crippen LogP contribution in [0.5, 0.6) is 0 Å². The molecule has 2 aromatic rings. The predicted molar refractivity (Wildman–Crippen MR) is 114 cm³/mol. The smallest absolute Gasteiger partial charge is 0.227 e. The van der Waals surface area contributed by atoms with Crippen molar-refractivity contribution in [2.45, 2.75) is 36.1 Å². The molecule has 0 spiro atoms. The number of anilines is 2. The van der Waals surface area contributed by atoms with Crippen molar-refractivity contribution in [1.29, 1.82) is 0 Å². The van der Waals surface area contributed by atoms with Crippen molar-refractivity contribution < 1.29 is 9.32 Å². The van der Waals surface area contributed by atoms with Crippen LogP contribution in [0.4, 0.5) is 11.8 Å². The molecule has 3 heterocycles. The second-order valence-electron chi connectivity index (χ2n) is 7.40. The number of hydrogen-bond donors (Lipinski definition) is 2. The number of aromatic nitrogens is 4. The summed E-state index contributed by atoms with van der Waals surface area (Å²) >= 11 is 5.86. The lowest BCUT2D eigenvalue weighted by atomic mass is 9.77. The zero-order valence-corrected chi connectivity index (χ0v) is 17.7. The molecule has 0 saturated heterocycles. The Morgan fingerprint density at radius 3 is 2.59 bits per heavy atom. The van der Waals surface area contributed by atoms with Gasteiger partial charge in [-0.05, 0) is 31.3 Å². The van der Waals surface area contributed by atoms with Crippen molar-refractivity contribution in [2.75, 3.05) is 36.2 Å². The number of nitrogens with one attached hydrogen (secondary N) is 1. The summed E-state index contributed by atoms with van der Waals surface area (Å²) < 4.78 is 12.1. The van der Waals surface area contributed by atoms with Gasteiger partial charge in [0.2, 0.25) is 5.95 Å². The van der Waals surface area contributed by atoms with Crippen LogP contribution in [0, 0.1) is 0 Å². The summed E-state index contributed by atoms with van der Waals surface area (Å²) in [6.45, 7) is 1.37. The number of rotatable bonds is 6. The number of halogens is 1. The van der Waals surface area contributed by atoms with Crippen molar-refractivity contribution in [3.63, 3.8) is 0 Å². The molecule has 0 aromatic carbocycles. The average Bonchev–Trinajstić information content (AvgIpc) is 2.71. The molecule has 29 heavy (non-hydrogen) atoms. The summed E-state index contributed by atoms with van der Waals surface area (Å²) in [5.41, 5.74) is 0.692. The Labute approximate surface area is 176 Å². The first-order valence-corrected chi connectivity index (χ1v) is 11.4. The zero-order chi connectivity index (χ0) is 20.4. The molecule has 1 saturated carbocycles. The molecule has 2 aliphatic rings. The van der Waals surface area contributed by atoms with Gasteiger partial charge in [-0.2, -0.15) is 4.98 Å². The van der Waals surface area contributed by atoms with E-state index < -0.39 is 10.8 Å². The predicted octanol–water partition coefficient (Wildman–Crippen LogP) is 2.28. The van der Waals surface area contributed by atoms with E-state index in [2.05, 4.69) is 36.2 Å². The van der Waals surface area contributed by atoms with Crippen LogP contribution in [0.1, 0.15) is 31.5 Å². The molecule has 154 valence electrons. The molecular formula is C19H23ClN6O2S. The van der Waals surface area contributed by atoms with Crippen LogP contribution in [0.3, 0.4) is 0 Å². The van der Waals surface area contributed by atoms with Gasteiger partial charge in [-0.15, -0.1) is 0 Å². The maximum absolute atomic E-state index is 12.1. The second-order valence-corrected chi connectivity index (χ2v) is 9.19. The highest BCUT2D eigenvalue weighted by Gasteiger charge is 2.37. The number of aliphatic hydroxyl groups is 1. The van der Waals surface area contributed by atoms with E-state index in [0.29, 0.717) is 34.1 Å². The van der Waals surface area contributed by atoms with Crippen LogP contribution >= 0.6 is 11.6 Å². The highest BCUT2D eigenvalue weighted by molar-refractivity contribution is 7.84. The summed E-state index contributed by atoms with van der Waals surface area (Å²) in [5.74, 6) is 1.80. The molecular weight excluding hydrogens is 412 g/mol. The highest BCUT2D eigenvalue weighted by Crippen LogP contribution is 2.36. The van der Waals surface area contributed by atoms with E-state index >= 15 is 0 Å². The lowest BCUT2D eigenvalue weighted by Crippen LogP contribution is -2.48. The van der Waals surface area contributed by atoms with Gasteiger partial charge in [0.25, 0.3) is 0 Å². The molecule has 1 aliphatic carbocycles. The van der Waals surface area contributed by atoms with Crippen LogP contribution in [0.2, 0.25) is 5.02 Å². The fraction of sp³-hybridized carbons (Fsp3) is 0.474. The third-order valence-electron chi connectivity index (χ3n) is 5.45. The molecule has 1 atom stereocenters. The van der Waals surface area contributed by atoms with Crippen LogP contribution in [0.25, 0.3) is 5.57 Å². The van der Waals surface area contributed by atoms with E-state index in [1.807, 2.05) is 0 Å². The Hall–Kier alpha value is -2.10. The van der Waals surface area contributed by atoms with Crippen molar-refractivity contribution in [1.82, 2.24) is 19.9 Å². The van der Waals surface area contributed by atoms with Gasteiger partial charge in [-0.1, -0.05) is 17.7 Å². The Balaban J connectivity index is 1.55. The topological polar surface area (TPSA) is 104 Å². The van der Waals surface area contributed by atoms with Gasteiger partial charge in [0.05, 0.1) is 39.1 Å². The Morgan fingerprint density at radius 1 is 1.28 bits per heavy atom. The third kappa shape index (κ3) is 4.26. The minimum absolute atomic E-state index is 0.0268. The first kappa shape index (κ1) is 20.2. The van der Waals surface area contributed by atoms with E-state index in [-0.39, 0.29) is 12.1 Å². The highest BCUT2D eigenvalue weighted by atomic mass is 35.5. The normalized spacial score (nSPS) is 19.3. The van der Waals surface area contributed by atoms with Crippen LogP contribution < -0.4 is 10.2 Å². The van der Waals surface area contributed by atoms with E-state index in [1.165, 1.54) is 0 Å². The summed E-state index contributed by atoms with van der Waals surface area (Å²) in [6, 6.07) is 0. The van der Waals surface area contributed by atoms with Gasteiger partial charge in [0, 0.05) is 31.7 Å². The molecule has 0 amide bonds. The fourth-order valence-electron chi connectivity index (χ4n) is 3.52. The minimum Gasteiger partial charge on any atom is -0.394 e. The molecule has 10 heteroatoms. The molecule has 4 rings (SSSR count). The van der Waals surface area contributed by atoms with Gasteiger partial charge in [-0.25, -0.2) is 15.0 Å². The lowest BCUT2D eigenvalue weighted by Gasteiger charge is -2.41. The maximum atomic E-state index is 12.1. The van der Waals surface area contributed by atoms with Crippen LogP contribution in [0.15, 0.2) is 29.6 Å². The van der Waals surface area contributed by atoms with Crippen molar-refractivity contribution in [2.24, 2.45) is 0 Å². The summed E-state index contributed by atoms with van der Waals surface area (Å²) in [5, 5.41) is 13.6. The fourth-order valence-corrected chi connectivity index (χ4v) is 4.19. The van der Waals surface area contributed by atoms with E-state index in [0.717, 1.165) is 37.8 Å². The minimum atomic E-state index is -1.23. The van der Waals surface area contributed by atoms with Gasteiger partial charge >= 0.3 is 0 Å². The van der Waals surface area contributed by atoms with Crippen LogP contribution in [-0.2, 0) is 10.8 Å². The number of aliphatic hydroxyl groups excluding tert-OH is 1. The third-order valence-corrected chi connectivity index (χ3v) is 6.56. The summed E-state index contributed by atoms with van der Waals surface area (Å²) in [6.07, 6.45) is 12.0. The molecule has 2 aromatic heterocycles. The van der Waals surface area contributed by atoms with E-state index in [4.69, 9.17) is 11.6 Å². The standard InChI is InChI=1S/C19H23ClN6O2S/c1-29(28)15-11-23-18(24-17(15)25-19(12-27)5-2-6-19)26-7-3-13(4-8-26)16-21-9-14(20)10-22-16/h3,9-11,27H,2,4-8,12H2,1H3,(H,23,24,25)/t29-/m1/s1. The Kier molecular flexibility index (Phi) is 5.80. The maximum Gasteiger partial charge on any atom is 0.227 e. The SMILES string of the molecule is C[S@@](=O)c1cnc(N2CC=C(c3ncc(Cl)cn3)CC2)nc1NC1(CO)CCC1. The second kappa shape index (κ2) is 8.33. The zero-order valence-electron chi connectivity index (χ0n) is 16.1. The number of nitrogens with zero attached hydrogens (tertiary/aromatic N) is 5. The number of hydrogen-bond acceptors (Lipinski definition) is 8. The van der Waals surface area contributed by atoms with Gasteiger partial charge in [0.1, 0.15) is 5.82 Å². The molecule has 0 radical (unpaired) electrons. The molecule has 0 unspecified atom stereocenters. The largest absolute Gasteiger partial charge is 0.394 e. The lowest BCUT2D eigenvalue weighted by molar-refractivity contribution is 0.143. The van der Waals surface area contributed by atoms with Gasteiger partial charge in [0.15, 0.2) is 5.82 Å². The molecule has 2 N–H and O–H groups in total. The van der Waals surface area contributed by atoms with Crippen LogP contribution in [-0.4, -0.2) is 60.7 Å². The summed E-state index contributed by atoms with van der Waals surface area (Å²) in [7, 11) is -1.23. The molecule has 1 aliphatic heterocycles. The monoisotopic (exact) mass is 434 g/mol. The van der Waals surface area contributed by atoms with Crippen molar-refractivity contribution in [3.05, 3.63) is 35.5 Å². The van der Waals surface area contributed by atoms with Gasteiger partial charge in [-0.3, -0.25) is 4.21 Å². The molecule has 1 fully saturated rings. The van der Waals surface area contributed by atoms with E-state index in [1.54, 1.807) is 24.8 Å². The summed E-state index contributed by atoms with van der Waals surface area (Å²) in [4.78, 5) is 20.3. The average molecular weight is 435 g/mol. The first-order valence-electron chi connectivity index (χ1n) is 9.51.